The minimum atomic E-state index is -0.830. The first kappa shape index (κ1) is 9.44. The molecule has 1 aliphatic rings. The van der Waals surface area contributed by atoms with E-state index in [4.69, 9.17) is 9.84 Å². The summed E-state index contributed by atoms with van der Waals surface area (Å²) >= 11 is 0. The highest BCUT2D eigenvalue weighted by molar-refractivity contribution is 5.73. The largest absolute Gasteiger partial charge is 0.480 e. The monoisotopic (exact) mass is 174 g/mol. The van der Waals surface area contributed by atoms with Crippen LogP contribution in [0.1, 0.15) is 0 Å². The Morgan fingerprint density at radius 2 is 2.33 bits per heavy atom. The molecule has 1 atom stereocenters. The summed E-state index contributed by atoms with van der Waals surface area (Å²) in [6.07, 6.45) is 0. The van der Waals surface area contributed by atoms with Gasteiger partial charge in [0.05, 0.1) is 13.2 Å². The second kappa shape index (κ2) is 3.84. The van der Waals surface area contributed by atoms with Crippen LogP contribution in [0, 0.1) is 0 Å². The zero-order chi connectivity index (χ0) is 9.14. The number of morpholine rings is 1. The first-order valence-corrected chi connectivity index (χ1v) is 3.87. The van der Waals surface area contributed by atoms with Crippen LogP contribution < -0.4 is 0 Å². The maximum absolute atomic E-state index is 10.7. The number of hydrogen-bond donors (Lipinski definition) is 1. The zero-order valence-corrected chi connectivity index (χ0v) is 7.36. The Morgan fingerprint density at radius 1 is 1.67 bits per heavy atom. The average Bonchev–Trinajstić information content (AvgIpc) is 2.04. The zero-order valence-electron chi connectivity index (χ0n) is 7.36. The molecule has 0 aromatic rings. The van der Waals surface area contributed by atoms with E-state index in [1.165, 1.54) is 0 Å². The van der Waals surface area contributed by atoms with Gasteiger partial charge in [-0.05, 0) is 0 Å². The molecule has 1 heterocycles. The van der Waals surface area contributed by atoms with E-state index in [0.717, 1.165) is 0 Å². The van der Waals surface area contributed by atoms with Gasteiger partial charge in [0.25, 0.3) is 0 Å². The molecule has 0 amide bonds. The quantitative estimate of drug-likeness (QED) is 0.597. The molecule has 0 bridgehead atoms. The smallest absolute Gasteiger partial charge is 0.324 e. The molecule has 0 radical (unpaired) electrons. The van der Waals surface area contributed by atoms with E-state index >= 15 is 0 Å². The fourth-order valence-corrected chi connectivity index (χ4v) is 1.27. The Hall–Kier alpha value is -0.650. The molecule has 5 nitrogen and oxygen atoms in total. The number of carboxylic acid groups (broad SMARTS) is 1. The van der Waals surface area contributed by atoms with Gasteiger partial charge in [0.15, 0.2) is 0 Å². The lowest BCUT2D eigenvalue weighted by Gasteiger charge is -2.36. The summed E-state index contributed by atoms with van der Waals surface area (Å²) in [5.41, 5.74) is 0. The third-order valence-electron chi connectivity index (χ3n) is 1.90. The predicted octanol–water partition coefficient (Wildman–Crippen LogP) is -0.752. The summed E-state index contributed by atoms with van der Waals surface area (Å²) in [5.74, 6) is -0.830. The maximum Gasteiger partial charge on any atom is 0.324 e. The lowest BCUT2D eigenvalue weighted by Crippen LogP contribution is -2.55. The van der Waals surface area contributed by atoms with Crippen molar-refractivity contribution in [2.24, 2.45) is 0 Å². The molecule has 0 spiro atoms. The van der Waals surface area contributed by atoms with Gasteiger partial charge in [-0.2, -0.15) is 0 Å². The van der Waals surface area contributed by atoms with Gasteiger partial charge in [-0.25, -0.2) is 10.0 Å². The van der Waals surface area contributed by atoms with E-state index in [0.29, 0.717) is 13.2 Å². The summed E-state index contributed by atoms with van der Waals surface area (Å²) in [7, 11) is 3.67. The lowest BCUT2D eigenvalue weighted by molar-refractivity contribution is -0.164. The Morgan fingerprint density at radius 3 is 2.75 bits per heavy atom. The van der Waals surface area contributed by atoms with Crippen molar-refractivity contribution in [2.75, 3.05) is 33.9 Å². The van der Waals surface area contributed by atoms with Crippen LogP contribution in [0.2, 0.25) is 0 Å². The number of carbonyl (C=O) groups is 1. The van der Waals surface area contributed by atoms with Gasteiger partial charge in [-0.15, -0.1) is 0 Å². The number of hydrogen-bond acceptors (Lipinski definition) is 4. The van der Waals surface area contributed by atoms with Crippen LogP contribution in [0.5, 0.6) is 0 Å². The number of rotatable bonds is 2. The minimum Gasteiger partial charge on any atom is -0.480 e. The van der Waals surface area contributed by atoms with Crippen LogP contribution in [-0.2, 0) is 9.53 Å². The lowest BCUT2D eigenvalue weighted by atomic mass is 10.3. The Labute approximate surface area is 71.5 Å². The third kappa shape index (κ3) is 1.94. The second-order valence-corrected chi connectivity index (χ2v) is 2.94. The summed E-state index contributed by atoms with van der Waals surface area (Å²) in [6.45, 7) is 1.51. The Bertz CT molecular complexity index is 172. The van der Waals surface area contributed by atoms with E-state index < -0.39 is 12.0 Å². The second-order valence-electron chi connectivity index (χ2n) is 2.94. The van der Waals surface area contributed by atoms with Crippen molar-refractivity contribution in [3.8, 4) is 0 Å². The van der Waals surface area contributed by atoms with Crippen LogP contribution in [-0.4, -0.2) is 61.0 Å². The van der Waals surface area contributed by atoms with Crippen molar-refractivity contribution in [3.63, 3.8) is 0 Å². The van der Waals surface area contributed by atoms with Crippen LogP contribution in [0.15, 0.2) is 0 Å². The van der Waals surface area contributed by atoms with Gasteiger partial charge in [-0.3, -0.25) is 4.79 Å². The molecule has 1 N–H and O–H groups in total. The van der Waals surface area contributed by atoms with E-state index in [9.17, 15) is 4.79 Å². The first-order valence-electron chi connectivity index (χ1n) is 3.87. The SMILES string of the molecule is CN(C)N1CCOCC1C(=O)O. The van der Waals surface area contributed by atoms with Crippen LogP contribution in [0.3, 0.4) is 0 Å². The molecule has 1 saturated heterocycles. The molecule has 5 heteroatoms. The highest BCUT2D eigenvalue weighted by Crippen LogP contribution is 2.07. The van der Waals surface area contributed by atoms with Crippen molar-refractivity contribution in [1.82, 2.24) is 10.0 Å². The summed E-state index contributed by atoms with van der Waals surface area (Å²) in [6, 6.07) is -0.534. The van der Waals surface area contributed by atoms with E-state index in [1.807, 2.05) is 14.1 Å². The molecule has 0 aromatic heterocycles. The first-order chi connectivity index (χ1) is 5.63. The number of ether oxygens (including phenoxy) is 1. The highest BCUT2D eigenvalue weighted by atomic mass is 16.5. The normalized spacial score (nSPS) is 26.1. The molecular weight excluding hydrogens is 160 g/mol. The maximum atomic E-state index is 10.7. The van der Waals surface area contributed by atoms with Gasteiger partial charge in [-0.1, -0.05) is 0 Å². The molecule has 12 heavy (non-hydrogen) atoms. The number of aliphatic carboxylic acids is 1. The predicted molar refractivity (Wildman–Crippen MR) is 42.6 cm³/mol. The van der Waals surface area contributed by atoms with Crippen LogP contribution in [0.25, 0.3) is 0 Å². The Kier molecular flexibility index (Phi) is 3.02. The summed E-state index contributed by atoms with van der Waals surface area (Å²) in [4.78, 5) is 10.7. The molecule has 0 aromatic carbocycles. The van der Waals surface area contributed by atoms with Gasteiger partial charge < -0.3 is 9.84 Å². The van der Waals surface area contributed by atoms with Gasteiger partial charge in [0.1, 0.15) is 6.04 Å². The van der Waals surface area contributed by atoms with Crippen LogP contribution in [0.4, 0.5) is 0 Å². The molecule has 1 aliphatic heterocycles. The van der Waals surface area contributed by atoms with Crippen LogP contribution >= 0.6 is 0 Å². The third-order valence-corrected chi connectivity index (χ3v) is 1.90. The number of nitrogens with zero attached hydrogens (tertiary/aromatic N) is 2. The fourth-order valence-electron chi connectivity index (χ4n) is 1.27. The molecule has 1 unspecified atom stereocenters. The van der Waals surface area contributed by atoms with E-state index in [2.05, 4.69) is 0 Å². The van der Waals surface area contributed by atoms with Gasteiger partial charge in [0.2, 0.25) is 0 Å². The van der Waals surface area contributed by atoms with Gasteiger partial charge >= 0.3 is 5.97 Å². The molecule has 1 fully saturated rings. The molecule has 0 aliphatic carbocycles. The molecule has 1 rings (SSSR count). The summed E-state index contributed by atoms with van der Waals surface area (Å²) < 4.78 is 5.07. The number of carboxylic acids is 1. The fraction of sp³-hybridized carbons (Fsp3) is 0.857. The van der Waals surface area contributed by atoms with Crippen molar-refractivity contribution >= 4 is 5.97 Å². The van der Waals surface area contributed by atoms with Gasteiger partial charge in [0, 0.05) is 20.6 Å². The van der Waals surface area contributed by atoms with Crippen molar-refractivity contribution in [3.05, 3.63) is 0 Å². The van der Waals surface area contributed by atoms with E-state index in [1.54, 1.807) is 10.0 Å². The standard InChI is InChI=1S/C7H14N2O3/c1-8(2)9-3-4-12-5-6(9)7(10)11/h6H,3-5H2,1-2H3,(H,10,11). The molecular formula is C7H14N2O3. The molecule has 0 saturated carbocycles. The van der Waals surface area contributed by atoms with Crippen molar-refractivity contribution in [1.29, 1.82) is 0 Å². The van der Waals surface area contributed by atoms with Crippen molar-refractivity contribution in [2.45, 2.75) is 6.04 Å². The number of hydrazine groups is 1. The Balaban J connectivity index is 2.60. The summed E-state index contributed by atoms with van der Waals surface area (Å²) in [5, 5.41) is 12.4. The van der Waals surface area contributed by atoms with E-state index in [-0.39, 0.29) is 6.61 Å². The minimum absolute atomic E-state index is 0.271. The van der Waals surface area contributed by atoms with Crippen molar-refractivity contribution < 1.29 is 14.6 Å². The highest BCUT2D eigenvalue weighted by Gasteiger charge is 2.30. The topological polar surface area (TPSA) is 53.0 Å². The average molecular weight is 174 g/mol. The molecule has 70 valence electrons.